The molecule has 0 saturated carbocycles. The van der Waals surface area contributed by atoms with Crippen LogP contribution in [-0.2, 0) is 5.41 Å². The van der Waals surface area contributed by atoms with Crippen LogP contribution >= 0.6 is 15.9 Å². The van der Waals surface area contributed by atoms with Crippen LogP contribution < -0.4 is 5.56 Å². The SMILES string of the molecule is CC(C)(C)c1nc(-c2cc(O)cc(F)c2)[nH]c(=O)c1Br. The summed E-state index contributed by atoms with van der Waals surface area (Å²) in [6.45, 7) is 5.77. The number of nitrogens with one attached hydrogen (secondary N) is 1. The first kappa shape index (κ1) is 14.7. The Labute approximate surface area is 123 Å². The van der Waals surface area contributed by atoms with Crippen LogP contribution in [0.25, 0.3) is 11.4 Å². The minimum absolute atomic E-state index is 0.220. The van der Waals surface area contributed by atoms with Crippen LogP contribution in [0.3, 0.4) is 0 Å². The van der Waals surface area contributed by atoms with Gasteiger partial charge in [-0.15, -0.1) is 0 Å². The number of hydrogen-bond donors (Lipinski definition) is 2. The molecule has 20 heavy (non-hydrogen) atoms. The predicted octanol–water partition coefficient (Wildman–Crippen LogP) is 3.34. The van der Waals surface area contributed by atoms with E-state index in [0.29, 0.717) is 15.7 Å². The maximum absolute atomic E-state index is 13.3. The van der Waals surface area contributed by atoms with E-state index in [0.717, 1.165) is 6.07 Å². The van der Waals surface area contributed by atoms with E-state index in [2.05, 4.69) is 25.9 Å². The van der Waals surface area contributed by atoms with E-state index in [4.69, 9.17) is 0 Å². The maximum atomic E-state index is 13.3. The Hall–Kier alpha value is -1.69. The van der Waals surface area contributed by atoms with Crippen LogP contribution in [0.1, 0.15) is 26.5 Å². The smallest absolute Gasteiger partial charge is 0.265 e. The van der Waals surface area contributed by atoms with Gasteiger partial charge in [0.15, 0.2) is 0 Å². The number of aromatic amines is 1. The molecule has 0 radical (unpaired) electrons. The van der Waals surface area contributed by atoms with E-state index in [-0.39, 0.29) is 22.5 Å². The first-order chi connectivity index (χ1) is 9.18. The minimum Gasteiger partial charge on any atom is -0.508 e. The van der Waals surface area contributed by atoms with Gasteiger partial charge in [0.05, 0.1) is 5.69 Å². The van der Waals surface area contributed by atoms with Crippen molar-refractivity contribution in [2.75, 3.05) is 0 Å². The summed E-state index contributed by atoms with van der Waals surface area (Å²) in [7, 11) is 0. The Morgan fingerprint density at radius 3 is 2.50 bits per heavy atom. The topological polar surface area (TPSA) is 66.0 Å². The quantitative estimate of drug-likeness (QED) is 0.836. The second-order valence-electron chi connectivity index (χ2n) is 5.53. The Kier molecular flexibility index (Phi) is 3.69. The highest BCUT2D eigenvalue weighted by Gasteiger charge is 2.22. The van der Waals surface area contributed by atoms with Crippen molar-refractivity contribution in [3.05, 3.63) is 44.5 Å². The van der Waals surface area contributed by atoms with Crippen molar-refractivity contribution in [1.29, 1.82) is 0 Å². The molecule has 0 aliphatic carbocycles. The molecule has 0 aliphatic rings. The molecule has 2 N–H and O–H groups in total. The number of benzene rings is 1. The molecule has 0 bridgehead atoms. The number of H-pyrrole nitrogens is 1. The zero-order valence-electron chi connectivity index (χ0n) is 11.3. The molecule has 1 aromatic heterocycles. The van der Waals surface area contributed by atoms with E-state index in [1.807, 2.05) is 20.8 Å². The fourth-order valence-corrected chi connectivity index (χ4v) is 2.59. The number of phenolic OH excluding ortho intramolecular Hbond substituents is 1. The highest BCUT2D eigenvalue weighted by Crippen LogP contribution is 2.28. The van der Waals surface area contributed by atoms with Gasteiger partial charge < -0.3 is 10.1 Å². The van der Waals surface area contributed by atoms with Gasteiger partial charge in [-0.25, -0.2) is 9.37 Å². The first-order valence-corrected chi connectivity index (χ1v) is 6.78. The van der Waals surface area contributed by atoms with Crippen LogP contribution in [0.2, 0.25) is 0 Å². The van der Waals surface area contributed by atoms with Crippen molar-refractivity contribution in [2.24, 2.45) is 0 Å². The molecule has 1 heterocycles. The lowest BCUT2D eigenvalue weighted by Gasteiger charge is -2.19. The normalized spacial score (nSPS) is 11.7. The van der Waals surface area contributed by atoms with E-state index in [1.54, 1.807) is 0 Å². The second kappa shape index (κ2) is 5.01. The lowest BCUT2D eigenvalue weighted by atomic mass is 9.92. The number of aromatic nitrogens is 2. The van der Waals surface area contributed by atoms with Gasteiger partial charge in [-0.2, -0.15) is 0 Å². The number of phenols is 1. The number of hydrogen-bond acceptors (Lipinski definition) is 3. The molecule has 6 heteroatoms. The van der Waals surface area contributed by atoms with Crippen LogP contribution in [0.4, 0.5) is 4.39 Å². The minimum atomic E-state index is -0.595. The molecule has 0 aliphatic heterocycles. The lowest BCUT2D eigenvalue weighted by Crippen LogP contribution is -2.22. The molecule has 2 rings (SSSR count). The van der Waals surface area contributed by atoms with E-state index in [9.17, 15) is 14.3 Å². The lowest BCUT2D eigenvalue weighted by molar-refractivity contribution is 0.469. The van der Waals surface area contributed by atoms with Crippen molar-refractivity contribution in [3.8, 4) is 17.1 Å². The largest absolute Gasteiger partial charge is 0.508 e. The van der Waals surface area contributed by atoms with Crippen LogP contribution in [-0.4, -0.2) is 15.1 Å². The standard InChI is InChI=1S/C14H14BrFN2O2/c1-14(2,3)11-10(15)13(20)18-12(17-11)7-4-8(16)6-9(19)5-7/h4-6,19H,1-3H3,(H,17,18,20). The van der Waals surface area contributed by atoms with Gasteiger partial charge in [0, 0.05) is 17.0 Å². The van der Waals surface area contributed by atoms with Gasteiger partial charge in [-0.1, -0.05) is 20.8 Å². The summed E-state index contributed by atoms with van der Waals surface area (Å²) in [6, 6.07) is 3.55. The summed E-state index contributed by atoms with van der Waals surface area (Å²) >= 11 is 3.22. The highest BCUT2D eigenvalue weighted by atomic mass is 79.9. The van der Waals surface area contributed by atoms with Crippen molar-refractivity contribution in [1.82, 2.24) is 9.97 Å². The third-order valence-corrected chi connectivity index (χ3v) is 3.46. The van der Waals surface area contributed by atoms with E-state index in [1.165, 1.54) is 12.1 Å². The third-order valence-electron chi connectivity index (χ3n) is 2.73. The van der Waals surface area contributed by atoms with Crippen molar-refractivity contribution >= 4 is 15.9 Å². The summed E-state index contributed by atoms with van der Waals surface area (Å²) in [5.41, 5.74) is 0.193. The Bertz CT molecular complexity index is 700. The van der Waals surface area contributed by atoms with Crippen LogP contribution in [0, 0.1) is 5.82 Å². The van der Waals surface area contributed by atoms with Crippen molar-refractivity contribution in [3.63, 3.8) is 0 Å². The highest BCUT2D eigenvalue weighted by molar-refractivity contribution is 9.10. The van der Waals surface area contributed by atoms with Gasteiger partial charge >= 0.3 is 0 Å². The third kappa shape index (κ3) is 2.90. The molecular formula is C14H14BrFN2O2. The summed E-state index contributed by atoms with van der Waals surface area (Å²) in [4.78, 5) is 18.9. The average Bonchev–Trinajstić information content (AvgIpc) is 2.29. The molecule has 1 aromatic carbocycles. The van der Waals surface area contributed by atoms with Crippen molar-refractivity contribution in [2.45, 2.75) is 26.2 Å². The summed E-state index contributed by atoms with van der Waals surface area (Å²) in [5.74, 6) is -0.594. The molecule has 0 saturated heterocycles. The fraction of sp³-hybridized carbons (Fsp3) is 0.286. The second-order valence-corrected chi connectivity index (χ2v) is 6.32. The Morgan fingerprint density at radius 1 is 1.30 bits per heavy atom. The van der Waals surface area contributed by atoms with Gasteiger partial charge in [0.2, 0.25) is 0 Å². The van der Waals surface area contributed by atoms with Gasteiger partial charge in [0.25, 0.3) is 5.56 Å². The molecule has 0 unspecified atom stereocenters. The summed E-state index contributed by atoms with van der Waals surface area (Å²) in [5, 5.41) is 9.44. The monoisotopic (exact) mass is 340 g/mol. The van der Waals surface area contributed by atoms with Gasteiger partial charge in [-0.05, 0) is 28.1 Å². The Balaban J connectivity index is 2.70. The van der Waals surface area contributed by atoms with E-state index < -0.39 is 5.82 Å². The molecule has 0 spiro atoms. The predicted molar refractivity (Wildman–Crippen MR) is 78.3 cm³/mol. The molecule has 0 fully saturated rings. The van der Waals surface area contributed by atoms with Crippen LogP contribution in [0.15, 0.2) is 27.5 Å². The maximum Gasteiger partial charge on any atom is 0.265 e. The van der Waals surface area contributed by atoms with Gasteiger partial charge in [-0.3, -0.25) is 4.79 Å². The summed E-state index contributed by atoms with van der Waals surface area (Å²) < 4.78 is 13.7. The number of aromatic hydroxyl groups is 1. The fourth-order valence-electron chi connectivity index (χ4n) is 1.80. The van der Waals surface area contributed by atoms with E-state index >= 15 is 0 Å². The molecule has 2 aromatic rings. The van der Waals surface area contributed by atoms with Crippen LogP contribution in [0.5, 0.6) is 5.75 Å². The van der Waals surface area contributed by atoms with Gasteiger partial charge in [0.1, 0.15) is 21.9 Å². The molecule has 0 atom stereocenters. The average molecular weight is 341 g/mol. The summed E-state index contributed by atoms with van der Waals surface area (Å²) in [6.07, 6.45) is 0. The molecule has 0 amide bonds. The Morgan fingerprint density at radius 2 is 1.95 bits per heavy atom. The molecule has 106 valence electrons. The number of nitrogens with zero attached hydrogens (tertiary/aromatic N) is 1. The number of halogens is 2. The first-order valence-electron chi connectivity index (χ1n) is 5.98. The molecule has 4 nitrogen and oxygen atoms in total. The zero-order chi connectivity index (χ0) is 15.1. The zero-order valence-corrected chi connectivity index (χ0v) is 12.9. The molecular weight excluding hydrogens is 327 g/mol. The van der Waals surface area contributed by atoms with Crippen molar-refractivity contribution < 1.29 is 9.50 Å². The number of rotatable bonds is 1.